The van der Waals surface area contributed by atoms with Crippen LogP contribution in [0.5, 0.6) is 0 Å². The highest BCUT2D eigenvalue weighted by molar-refractivity contribution is 5.25. The van der Waals surface area contributed by atoms with Crippen molar-refractivity contribution in [1.82, 2.24) is 14.5 Å². The Morgan fingerprint density at radius 1 is 1.04 bits per heavy atom. The van der Waals surface area contributed by atoms with Crippen LogP contribution in [-0.2, 0) is 27.1 Å². The summed E-state index contributed by atoms with van der Waals surface area (Å²) in [6.07, 6.45) is 1.02. The number of nitrogens with zero attached hydrogens (tertiary/aromatic N) is 2. The molecule has 0 saturated carbocycles. The SMILES string of the molecule is CCc1ccc([C@H](NCc2cc(=O)n(C)c(=O)n2C)C(C)C)cc1. The first-order chi connectivity index (χ1) is 11.3. The predicted octanol–water partition coefficient (Wildman–Crippen LogP) is 2.13. The topological polar surface area (TPSA) is 56.0 Å². The van der Waals surface area contributed by atoms with E-state index in [1.54, 1.807) is 7.05 Å². The van der Waals surface area contributed by atoms with E-state index in [9.17, 15) is 9.59 Å². The summed E-state index contributed by atoms with van der Waals surface area (Å²) in [4.78, 5) is 23.9. The molecule has 1 atom stereocenters. The van der Waals surface area contributed by atoms with Crippen LogP contribution in [0.3, 0.4) is 0 Å². The standard InChI is InChI=1S/C19H27N3O2/c1-6-14-7-9-15(10-8-14)18(13(2)3)20-12-16-11-17(23)22(5)19(24)21(16)4/h7-11,13,18,20H,6,12H2,1-5H3/t18-/m1/s1. The van der Waals surface area contributed by atoms with E-state index >= 15 is 0 Å². The predicted molar refractivity (Wildman–Crippen MR) is 97.2 cm³/mol. The van der Waals surface area contributed by atoms with Gasteiger partial charge < -0.3 is 5.32 Å². The summed E-state index contributed by atoms with van der Waals surface area (Å²) in [5.74, 6) is 0.390. The molecule has 0 saturated heterocycles. The lowest BCUT2D eigenvalue weighted by Gasteiger charge is -2.24. The van der Waals surface area contributed by atoms with Gasteiger partial charge in [-0.25, -0.2) is 4.79 Å². The quantitative estimate of drug-likeness (QED) is 0.883. The Bertz CT molecular complexity index is 801. The second-order valence-electron chi connectivity index (χ2n) is 6.57. The summed E-state index contributed by atoms with van der Waals surface area (Å²) in [7, 11) is 3.19. The summed E-state index contributed by atoms with van der Waals surface area (Å²) in [6, 6.07) is 10.3. The third-order valence-corrected chi connectivity index (χ3v) is 4.54. The van der Waals surface area contributed by atoms with Gasteiger partial charge in [-0.1, -0.05) is 45.0 Å². The van der Waals surface area contributed by atoms with Gasteiger partial charge >= 0.3 is 5.69 Å². The summed E-state index contributed by atoms with van der Waals surface area (Å²) >= 11 is 0. The lowest BCUT2D eigenvalue weighted by atomic mass is 9.95. The van der Waals surface area contributed by atoms with Gasteiger partial charge in [-0.3, -0.25) is 13.9 Å². The van der Waals surface area contributed by atoms with E-state index in [0.717, 1.165) is 11.0 Å². The number of aromatic nitrogens is 2. The average molecular weight is 329 g/mol. The zero-order chi connectivity index (χ0) is 17.9. The molecular formula is C19H27N3O2. The van der Waals surface area contributed by atoms with Gasteiger partial charge in [0, 0.05) is 38.4 Å². The second-order valence-corrected chi connectivity index (χ2v) is 6.57. The highest BCUT2D eigenvalue weighted by Gasteiger charge is 2.16. The molecule has 1 aromatic carbocycles. The molecule has 0 fully saturated rings. The van der Waals surface area contributed by atoms with E-state index in [-0.39, 0.29) is 17.3 Å². The number of rotatable bonds is 6. The van der Waals surface area contributed by atoms with Crippen LogP contribution in [-0.4, -0.2) is 9.13 Å². The zero-order valence-corrected chi connectivity index (χ0v) is 15.2. The number of benzene rings is 1. The van der Waals surface area contributed by atoms with Gasteiger partial charge in [0.25, 0.3) is 5.56 Å². The van der Waals surface area contributed by atoms with E-state index in [1.165, 1.54) is 28.8 Å². The summed E-state index contributed by atoms with van der Waals surface area (Å²) in [6.45, 7) is 6.94. The van der Waals surface area contributed by atoms with Gasteiger partial charge in [-0.05, 0) is 23.5 Å². The van der Waals surface area contributed by atoms with Gasteiger partial charge in [0.15, 0.2) is 0 Å². The molecule has 5 heteroatoms. The highest BCUT2D eigenvalue weighted by Crippen LogP contribution is 2.22. The molecule has 5 nitrogen and oxygen atoms in total. The van der Waals surface area contributed by atoms with Crippen LogP contribution < -0.4 is 16.6 Å². The van der Waals surface area contributed by atoms with Crippen molar-refractivity contribution in [3.8, 4) is 0 Å². The van der Waals surface area contributed by atoms with E-state index in [2.05, 4.69) is 50.4 Å². The van der Waals surface area contributed by atoms with Crippen molar-refractivity contribution < 1.29 is 0 Å². The minimum atomic E-state index is -0.298. The lowest BCUT2D eigenvalue weighted by Crippen LogP contribution is -2.39. The number of aryl methyl sites for hydroxylation is 1. The Morgan fingerprint density at radius 3 is 2.21 bits per heavy atom. The van der Waals surface area contributed by atoms with Gasteiger partial charge in [-0.15, -0.1) is 0 Å². The summed E-state index contributed by atoms with van der Waals surface area (Å²) < 4.78 is 2.64. The Balaban J connectivity index is 2.23. The van der Waals surface area contributed by atoms with Crippen LogP contribution in [0.4, 0.5) is 0 Å². The first-order valence-corrected chi connectivity index (χ1v) is 8.43. The van der Waals surface area contributed by atoms with Gasteiger partial charge in [0.05, 0.1) is 0 Å². The Kier molecular flexibility index (Phi) is 5.78. The smallest absolute Gasteiger partial charge is 0.304 e. The third-order valence-electron chi connectivity index (χ3n) is 4.54. The molecule has 24 heavy (non-hydrogen) atoms. The molecule has 0 bridgehead atoms. The van der Waals surface area contributed by atoms with E-state index in [0.29, 0.717) is 18.2 Å². The molecule has 0 aliphatic rings. The molecule has 2 rings (SSSR count). The molecule has 2 aromatic rings. The second kappa shape index (κ2) is 7.62. The molecule has 0 aliphatic heterocycles. The van der Waals surface area contributed by atoms with Crippen molar-refractivity contribution >= 4 is 0 Å². The highest BCUT2D eigenvalue weighted by atomic mass is 16.2. The third kappa shape index (κ3) is 3.85. The minimum Gasteiger partial charge on any atom is -0.304 e. The first kappa shape index (κ1) is 18.2. The van der Waals surface area contributed by atoms with Crippen LogP contribution in [0.1, 0.15) is 43.6 Å². The average Bonchev–Trinajstić information content (AvgIpc) is 2.57. The largest absolute Gasteiger partial charge is 0.330 e. The normalized spacial score (nSPS) is 12.6. The van der Waals surface area contributed by atoms with Crippen LogP contribution in [0.15, 0.2) is 39.9 Å². The monoisotopic (exact) mass is 329 g/mol. The molecule has 0 unspecified atom stereocenters. The van der Waals surface area contributed by atoms with Gasteiger partial charge in [0.1, 0.15) is 0 Å². The molecule has 0 aliphatic carbocycles. The Morgan fingerprint density at radius 2 is 1.67 bits per heavy atom. The zero-order valence-electron chi connectivity index (χ0n) is 15.2. The molecule has 1 N–H and O–H groups in total. The Hall–Kier alpha value is -2.14. The maximum atomic E-state index is 12.0. The van der Waals surface area contributed by atoms with Gasteiger partial charge in [0.2, 0.25) is 0 Å². The minimum absolute atomic E-state index is 0.162. The first-order valence-electron chi connectivity index (χ1n) is 8.43. The van der Waals surface area contributed by atoms with E-state index in [1.807, 2.05) is 0 Å². The fourth-order valence-electron chi connectivity index (χ4n) is 2.86. The van der Waals surface area contributed by atoms with Gasteiger partial charge in [-0.2, -0.15) is 0 Å². The maximum Gasteiger partial charge on any atom is 0.330 e. The maximum absolute atomic E-state index is 12.0. The molecule has 0 spiro atoms. The van der Waals surface area contributed by atoms with Crippen molar-refractivity contribution in [2.24, 2.45) is 20.0 Å². The summed E-state index contributed by atoms with van der Waals surface area (Å²) in [5, 5.41) is 3.50. The fourth-order valence-corrected chi connectivity index (χ4v) is 2.86. The molecule has 0 amide bonds. The molecule has 1 aromatic heterocycles. The van der Waals surface area contributed by atoms with Crippen LogP contribution >= 0.6 is 0 Å². The fraction of sp³-hybridized carbons (Fsp3) is 0.474. The van der Waals surface area contributed by atoms with Crippen molar-refractivity contribution in [3.63, 3.8) is 0 Å². The number of hydrogen-bond donors (Lipinski definition) is 1. The Labute approximate surface area is 143 Å². The van der Waals surface area contributed by atoms with E-state index < -0.39 is 0 Å². The number of hydrogen-bond acceptors (Lipinski definition) is 3. The molecule has 0 radical (unpaired) electrons. The van der Waals surface area contributed by atoms with Crippen molar-refractivity contribution in [2.75, 3.05) is 0 Å². The van der Waals surface area contributed by atoms with Crippen molar-refractivity contribution in [3.05, 3.63) is 68.0 Å². The summed E-state index contributed by atoms with van der Waals surface area (Å²) in [5.41, 5.74) is 2.65. The van der Waals surface area contributed by atoms with Crippen LogP contribution in [0.25, 0.3) is 0 Å². The van der Waals surface area contributed by atoms with Crippen LogP contribution in [0.2, 0.25) is 0 Å². The molecule has 130 valence electrons. The van der Waals surface area contributed by atoms with Crippen molar-refractivity contribution in [2.45, 2.75) is 39.8 Å². The lowest BCUT2D eigenvalue weighted by molar-refractivity contribution is 0.403. The molecular weight excluding hydrogens is 302 g/mol. The van der Waals surface area contributed by atoms with E-state index in [4.69, 9.17) is 0 Å². The van der Waals surface area contributed by atoms with Crippen molar-refractivity contribution in [1.29, 1.82) is 0 Å². The van der Waals surface area contributed by atoms with Crippen LogP contribution in [0, 0.1) is 5.92 Å². The number of nitrogens with one attached hydrogen (secondary N) is 1. The molecule has 1 heterocycles.